The second-order valence-corrected chi connectivity index (χ2v) is 12.2. The Labute approximate surface area is 191 Å². The van der Waals surface area contributed by atoms with Gasteiger partial charge in [-0.1, -0.05) is 61.3 Å². The number of hydrogen-bond acceptors (Lipinski definition) is 3. The number of ketones is 2. The number of aliphatic hydroxyl groups is 1. The lowest BCUT2D eigenvalue weighted by molar-refractivity contribution is -0.116. The van der Waals surface area contributed by atoms with Crippen LogP contribution in [0.15, 0.2) is 22.8 Å². The van der Waals surface area contributed by atoms with Gasteiger partial charge in [-0.25, -0.2) is 0 Å². The smallest absolute Gasteiger partial charge is 0.185 e. The Hall–Kier alpha value is -1.22. The molecule has 0 bridgehead atoms. The zero-order chi connectivity index (χ0) is 24.2. The minimum Gasteiger partial charge on any atom is -0.390 e. The van der Waals surface area contributed by atoms with Crippen molar-refractivity contribution in [1.82, 2.24) is 0 Å². The third-order valence-electron chi connectivity index (χ3n) is 7.77. The van der Waals surface area contributed by atoms with Crippen molar-refractivity contribution in [2.45, 2.75) is 120 Å². The number of allylic oxidation sites excluding steroid dienone is 4. The van der Waals surface area contributed by atoms with Crippen LogP contribution in [0.25, 0.3) is 0 Å². The third kappa shape index (κ3) is 8.00. The van der Waals surface area contributed by atoms with Crippen LogP contribution < -0.4 is 0 Å². The Kier molecular flexibility index (Phi) is 9.51. The fraction of sp³-hybridized carbons (Fsp3) is 0.786. The average molecular weight is 433 g/mol. The van der Waals surface area contributed by atoms with Crippen molar-refractivity contribution in [3.05, 3.63) is 22.8 Å². The summed E-state index contributed by atoms with van der Waals surface area (Å²) in [6, 6.07) is 0. The van der Waals surface area contributed by atoms with Crippen LogP contribution in [0, 0.1) is 22.7 Å². The van der Waals surface area contributed by atoms with Gasteiger partial charge in [-0.05, 0) is 81.6 Å². The molecule has 0 radical (unpaired) electrons. The maximum Gasteiger partial charge on any atom is 0.185 e. The van der Waals surface area contributed by atoms with Crippen molar-refractivity contribution < 1.29 is 14.7 Å². The predicted octanol–water partition coefficient (Wildman–Crippen LogP) is 7.23. The predicted molar refractivity (Wildman–Crippen MR) is 131 cm³/mol. The van der Waals surface area contributed by atoms with Gasteiger partial charge in [0.1, 0.15) is 0 Å². The molecule has 1 unspecified atom stereocenters. The van der Waals surface area contributed by atoms with E-state index in [4.69, 9.17) is 0 Å². The molecule has 3 heteroatoms. The summed E-state index contributed by atoms with van der Waals surface area (Å²) in [5.41, 5.74) is 0.770. The molecule has 0 saturated heterocycles. The first kappa shape index (κ1) is 27.8. The molecule has 0 aliphatic heterocycles. The van der Waals surface area contributed by atoms with E-state index in [9.17, 15) is 14.7 Å². The quantitative estimate of drug-likeness (QED) is 0.331. The second kappa shape index (κ2) is 10.6. The van der Waals surface area contributed by atoms with E-state index >= 15 is 0 Å². The van der Waals surface area contributed by atoms with E-state index in [0.29, 0.717) is 40.9 Å². The molecule has 1 aliphatic rings. The highest BCUT2D eigenvalue weighted by Crippen LogP contribution is 2.42. The second-order valence-electron chi connectivity index (χ2n) is 12.2. The summed E-state index contributed by atoms with van der Waals surface area (Å²) in [5, 5.41) is 11.3. The third-order valence-corrected chi connectivity index (χ3v) is 7.77. The number of carbonyl (C=O) groups is 2. The van der Waals surface area contributed by atoms with Gasteiger partial charge in [0, 0.05) is 16.7 Å². The standard InChI is InChI=1S/C28H48O3/c1-19(2)11-14-26(6,7)18-20(3)12-15-27(8,9)28(10,31)16-13-23-17-24(29)21(4)22(5)25(23)30/h17,19-20,31H,11-16,18H2,1-10H3/t20-,28?/m0/s1. The molecule has 31 heavy (non-hydrogen) atoms. The van der Waals surface area contributed by atoms with Crippen molar-refractivity contribution in [3.8, 4) is 0 Å². The molecule has 0 saturated carbocycles. The first-order chi connectivity index (χ1) is 14.0. The summed E-state index contributed by atoms with van der Waals surface area (Å²) in [7, 11) is 0. The molecular formula is C28H48O3. The molecule has 0 fully saturated rings. The summed E-state index contributed by atoms with van der Waals surface area (Å²) < 4.78 is 0. The molecule has 0 amide bonds. The normalized spacial score (nSPS) is 19.0. The lowest BCUT2D eigenvalue weighted by Crippen LogP contribution is -2.42. The van der Waals surface area contributed by atoms with Gasteiger partial charge in [0.15, 0.2) is 11.6 Å². The molecule has 1 aliphatic carbocycles. The fourth-order valence-corrected chi connectivity index (χ4v) is 4.53. The van der Waals surface area contributed by atoms with Crippen LogP contribution in [-0.2, 0) is 9.59 Å². The molecule has 0 spiro atoms. The maximum absolute atomic E-state index is 12.5. The van der Waals surface area contributed by atoms with Crippen molar-refractivity contribution in [2.75, 3.05) is 0 Å². The monoisotopic (exact) mass is 432 g/mol. The first-order valence-corrected chi connectivity index (χ1v) is 12.2. The molecule has 3 nitrogen and oxygen atoms in total. The molecular weight excluding hydrogens is 384 g/mol. The average Bonchev–Trinajstić information content (AvgIpc) is 2.64. The molecule has 2 atom stereocenters. The van der Waals surface area contributed by atoms with E-state index in [1.165, 1.54) is 25.3 Å². The minimum absolute atomic E-state index is 0.0528. The highest BCUT2D eigenvalue weighted by atomic mass is 16.3. The van der Waals surface area contributed by atoms with Crippen LogP contribution in [0.4, 0.5) is 0 Å². The minimum atomic E-state index is -0.909. The molecule has 1 rings (SSSR count). The molecule has 0 aromatic heterocycles. The van der Waals surface area contributed by atoms with E-state index in [0.717, 1.165) is 18.8 Å². The van der Waals surface area contributed by atoms with Crippen molar-refractivity contribution in [3.63, 3.8) is 0 Å². The van der Waals surface area contributed by atoms with Gasteiger partial charge in [0.05, 0.1) is 5.60 Å². The first-order valence-electron chi connectivity index (χ1n) is 12.2. The van der Waals surface area contributed by atoms with E-state index in [1.54, 1.807) is 13.8 Å². The summed E-state index contributed by atoms with van der Waals surface area (Å²) in [4.78, 5) is 24.6. The Morgan fingerprint density at radius 1 is 0.871 bits per heavy atom. The van der Waals surface area contributed by atoms with Gasteiger partial charge in [-0.2, -0.15) is 0 Å². The molecule has 0 aromatic carbocycles. The zero-order valence-corrected chi connectivity index (χ0v) is 21.9. The highest BCUT2D eigenvalue weighted by Gasteiger charge is 2.39. The van der Waals surface area contributed by atoms with E-state index in [-0.39, 0.29) is 17.0 Å². The number of Topliss-reactive ketones (excluding diaryl/α,β-unsaturated/α-hetero) is 1. The Morgan fingerprint density at radius 3 is 2.00 bits per heavy atom. The van der Waals surface area contributed by atoms with Gasteiger partial charge in [0.25, 0.3) is 0 Å². The molecule has 0 aromatic rings. The van der Waals surface area contributed by atoms with E-state index in [1.807, 2.05) is 6.92 Å². The summed E-state index contributed by atoms with van der Waals surface area (Å²) in [5.74, 6) is 1.21. The van der Waals surface area contributed by atoms with Gasteiger partial charge >= 0.3 is 0 Å². The van der Waals surface area contributed by atoms with Crippen LogP contribution >= 0.6 is 0 Å². The number of hydrogen-bond donors (Lipinski definition) is 1. The van der Waals surface area contributed by atoms with Crippen molar-refractivity contribution >= 4 is 11.6 Å². The number of rotatable bonds is 12. The largest absolute Gasteiger partial charge is 0.390 e. The van der Waals surface area contributed by atoms with E-state index in [2.05, 4.69) is 48.5 Å². The lowest BCUT2D eigenvalue weighted by Gasteiger charge is -2.41. The molecule has 178 valence electrons. The van der Waals surface area contributed by atoms with Crippen LogP contribution in [0.5, 0.6) is 0 Å². The lowest BCUT2D eigenvalue weighted by atomic mass is 9.68. The van der Waals surface area contributed by atoms with E-state index < -0.39 is 5.60 Å². The van der Waals surface area contributed by atoms with Crippen LogP contribution in [-0.4, -0.2) is 22.3 Å². The van der Waals surface area contributed by atoms with Crippen LogP contribution in [0.2, 0.25) is 0 Å². The van der Waals surface area contributed by atoms with Crippen LogP contribution in [0.1, 0.15) is 114 Å². The Bertz CT molecular complexity index is 717. The Balaban J connectivity index is 2.66. The summed E-state index contributed by atoms with van der Waals surface area (Å²) >= 11 is 0. The summed E-state index contributed by atoms with van der Waals surface area (Å²) in [6.07, 6.45) is 8.12. The van der Waals surface area contributed by atoms with Gasteiger partial charge in [0.2, 0.25) is 0 Å². The highest BCUT2D eigenvalue weighted by molar-refractivity contribution is 6.22. The number of carbonyl (C=O) groups excluding carboxylic acids is 2. The van der Waals surface area contributed by atoms with Gasteiger partial charge < -0.3 is 5.11 Å². The SMILES string of the molecule is CC1=C(C)C(=O)C(CCC(C)(O)C(C)(C)CC[C@H](C)CC(C)(C)CCC(C)C)=CC1=O. The van der Waals surface area contributed by atoms with Crippen LogP contribution in [0.3, 0.4) is 0 Å². The molecule has 0 heterocycles. The maximum atomic E-state index is 12.5. The van der Waals surface area contributed by atoms with Crippen molar-refractivity contribution in [1.29, 1.82) is 0 Å². The van der Waals surface area contributed by atoms with Gasteiger partial charge in [-0.3, -0.25) is 9.59 Å². The Morgan fingerprint density at radius 2 is 1.45 bits per heavy atom. The molecule has 1 N–H and O–H groups in total. The topological polar surface area (TPSA) is 54.4 Å². The fourth-order valence-electron chi connectivity index (χ4n) is 4.53. The van der Waals surface area contributed by atoms with Crippen molar-refractivity contribution in [2.24, 2.45) is 22.7 Å². The summed E-state index contributed by atoms with van der Waals surface area (Å²) in [6.45, 7) is 21.2. The zero-order valence-electron chi connectivity index (χ0n) is 21.9. The van der Waals surface area contributed by atoms with Gasteiger partial charge in [-0.15, -0.1) is 0 Å².